The molecule has 2 aromatic rings. The molecule has 0 unspecified atom stereocenters. The summed E-state index contributed by atoms with van der Waals surface area (Å²) in [5.74, 6) is -0.474. The molecule has 0 N–H and O–H groups in total. The first-order chi connectivity index (χ1) is 14.2. The van der Waals surface area contributed by atoms with E-state index < -0.39 is 21.5 Å². The van der Waals surface area contributed by atoms with Crippen molar-refractivity contribution >= 4 is 32.6 Å². The van der Waals surface area contributed by atoms with Gasteiger partial charge >= 0.3 is 0 Å². The van der Waals surface area contributed by atoms with Crippen molar-refractivity contribution in [3.05, 3.63) is 42.2 Å². The van der Waals surface area contributed by atoms with Gasteiger partial charge in [0.15, 0.2) is 0 Å². The zero-order valence-electron chi connectivity index (χ0n) is 17.4. The molecule has 3 heterocycles. The maximum atomic E-state index is 13.4. The zero-order valence-corrected chi connectivity index (χ0v) is 18.2. The van der Waals surface area contributed by atoms with Crippen LogP contribution in [0.3, 0.4) is 0 Å². The highest BCUT2D eigenvalue weighted by molar-refractivity contribution is 7.89. The molecule has 0 spiro atoms. The van der Waals surface area contributed by atoms with Crippen LogP contribution in [-0.4, -0.2) is 85.3 Å². The fourth-order valence-corrected chi connectivity index (χ4v) is 6.48. The van der Waals surface area contributed by atoms with Crippen LogP contribution in [0.25, 0.3) is 10.8 Å². The molecule has 1 aromatic heterocycles. The SMILES string of the molecule is CN(C)C(=O)[C@]12CCS(=O)(=O)N(C)[C@@H]1CCN(C(=O)c1nccc3ccccc13)C2. The minimum atomic E-state index is -3.40. The summed E-state index contributed by atoms with van der Waals surface area (Å²) in [4.78, 5) is 34.2. The normalized spacial score (nSPS) is 26.2. The van der Waals surface area contributed by atoms with Crippen molar-refractivity contribution in [1.29, 1.82) is 0 Å². The number of piperidine rings is 1. The number of nitrogens with zero attached hydrogens (tertiary/aromatic N) is 4. The number of amides is 2. The van der Waals surface area contributed by atoms with E-state index in [4.69, 9.17) is 0 Å². The Bertz CT molecular complexity index is 1110. The van der Waals surface area contributed by atoms with Gasteiger partial charge in [-0.1, -0.05) is 24.3 Å². The van der Waals surface area contributed by atoms with Crippen molar-refractivity contribution in [2.45, 2.75) is 18.9 Å². The van der Waals surface area contributed by atoms with Gasteiger partial charge < -0.3 is 9.80 Å². The Morgan fingerprint density at radius 1 is 1.20 bits per heavy atom. The van der Waals surface area contributed by atoms with E-state index in [1.165, 1.54) is 9.21 Å². The summed E-state index contributed by atoms with van der Waals surface area (Å²) in [7, 11) is 1.48. The fourth-order valence-electron chi connectivity index (χ4n) is 4.88. The molecule has 4 rings (SSSR count). The molecular formula is C21H26N4O4S. The van der Waals surface area contributed by atoms with Crippen LogP contribution in [0.5, 0.6) is 0 Å². The van der Waals surface area contributed by atoms with E-state index in [2.05, 4.69) is 4.98 Å². The third kappa shape index (κ3) is 3.16. The van der Waals surface area contributed by atoms with E-state index in [0.717, 1.165) is 10.8 Å². The van der Waals surface area contributed by atoms with Crippen LogP contribution in [-0.2, 0) is 14.8 Å². The van der Waals surface area contributed by atoms with Gasteiger partial charge in [0, 0.05) is 51.9 Å². The van der Waals surface area contributed by atoms with Gasteiger partial charge in [0.2, 0.25) is 15.9 Å². The standard InChI is InChI=1S/C21H26N4O4S/c1-23(2)20(27)21-10-13-30(28,29)24(3)17(21)9-12-25(14-21)19(26)18-16-7-5-4-6-15(16)8-11-22-18/h4-8,11,17H,9-10,12-14H2,1-3H3/t17-,21+/m1/s1. The molecule has 9 heteroatoms. The van der Waals surface area contributed by atoms with Crippen molar-refractivity contribution in [2.24, 2.45) is 5.41 Å². The largest absolute Gasteiger partial charge is 0.348 e. The highest BCUT2D eigenvalue weighted by atomic mass is 32.2. The van der Waals surface area contributed by atoms with Crippen LogP contribution in [0, 0.1) is 5.41 Å². The van der Waals surface area contributed by atoms with Crippen molar-refractivity contribution in [3.63, 3.8) is 0 Å². The van der Waals surface area contributed by atoms with Gasteiger partial charge in [0.05, 0.1) is 11.2 Å². The number of benzene rings is 1. The highest BCUT2D eigenvalue weighted by Crippen LogP contribution is 2.43. The minimum Gasteiger partial charge on any atom is -0.348 e. The van der Waals surface area contributed by atoms with Gasteiger partial charge in [-0.05, 0) is 24.3 Å². The van der Waals surface area contributed by atoms with Crippen LogP contribution in [0.2, 0.25) is 0 Å². The molecule has 0 aliphatic carbocycles. The van der Waals surface area contributed by atoms with Crippen LogP contribution in [0.1, 0.15) is 23.3 Å². The predicted molar refractivity (Wildman–Crippen MR) is 113 cm³/mol. The summed E-state index contributed by atoms with van der Waals surface area (Å²) in [6.45, 7) is 0.551. The molecule has 2 fully saturated rings. The molecular weight excluding hydrogens is 404 g/mol. The average molecular weight is 431 g/mol. The topological polar surface area (TPSA) is 90.9 Å². The Hall–Kier alpha value is -2.52. The first-order valence-electron chi connectivity index (χ1n) is 9.98. The van der Waals surface area contributed by atoms with Crippen LogP contribution < -0.4 is 0 Å². The Kier molecular flexibility index (Phi) is 5.06. The molecule has 1 aromatic carbocycles. The summed E-state index contributed by atoms with van der Waals surface area (Å²) in [5.41, 5.74) is -0.599. The quantitative estimate of drug-likeness (QED) is 0.714. The molecule has 8 nitrogen and oxygen atoms in total. The molecule has 0 saturated carbocycles. The lowest BCUT2D eigenvalue weighted by molar-refractivity contribution is -0.147. The van der Waals surface area contributed by atoms with E-state index in [0.29, 0.717) is 18.7 Å². The monoisotopic (exact) mass is 430 g/mol. The lowest BCUT2D eigenvalue weighted by atomic mass is 9.72. The second-order valence-corrected chi connectivity index (χ2v) is 10.5. The van der Waals surface area contributed by atoms with Crippen LogP contribution in [0.4, 0.5) is 0 Å². The number of rotatable bonds is 2. The summed E-state index contributed by atoms with van der Waals surface area (Å²) in [5, 5.41) is 1.69. The van der Waals surface area contributed by atoms with Crippen molar-refractivity contribution in [1.82, 2.24) is 19.1 Å². The second-order valence-electron chi connectivity index (χ2n) is 8.35. The Morgan fingerprint density at radius 3 is 2.67 bits per heavy atom. The summed E-state index contributed by atoms with van der Waals surface area (Å²) in [6.07, 6.45) is 2.23. The maximum absolute atomic E-state index is 13.4. The summed E-state index contributed by atoms with van der Waals surface area (Å²) in [6, 6.07) is 8.96. The summed E-state index contributed by atoms with van der Waals surface area (Å²) >= 11 is 0. The number of carbonyl (C=O) groups is 2. The highest BCUT2D eigenvalue weighted by Gasteiger charge is 2.57. The van der Waals surface area contributed by atoms with Crippen molar-refractivity contribution in [3.8, 4) is 0 Å². The maximum Gasteiger partial charge on any atom is 0.273 e. The van der Waals surface area contributed by atoms with Crippen LogP contribution >= 0.6 is 0 Å². The van der Waals surface area contributed by atoms with E-state index in [1.54, 1.807) is 32.2 Å². The van der Waals surface area contributed by atoms with Crippen molar-refractivity contribution in [2.75, 3.05) is 40.0 Å². The van der Waals surface area contributed by atoms with Gasteiger partial charge in [-0.15, -0.1) is 0 Å². The fraction of sp³-hybridized carbons (Fsp3) is 0.476. The number of aromatic nitrogens is 1. The zero-order chi connectivity index (χ0) is 21.7. The first kappa shape index (κ1) is 20.7. The number of hydrogen-bond acceptors (Lipinski definition) is 5. The first-order valence-corrected chi connectivity index (χ1v) is 11.6. The number of carbonyl (C=O) groups excluding carboxylic acids is 2. The molecule has 2 saturated heterocycles. The molecule has 2 aliphatic rings. The molecule has 30 heavy (non-hydrogen) atoms. The summed E-state index contributed by atoms with van der Waals surface area (Å²) < 4.78 is 26.3. The number of sulfonamides is 1. The van der Waals surface area contributed by atoms with Gasteiger partial charge in [-0.2, -0.15) is 0 Å². The van der Waals surface area contributed by atoms with Gasteiger partial charge in [0.25, 0.3) is 5.91 Å². The molecule has 2 atom stereocenters. The minimum absolute atomic E-state index is 0.103. The molecule has 0 radical (unpaired) electrons. The molecule has 2 amide bonds. The number of hydrogen-bond donors (Lipinski definition) is 0. The van der Waals surface area contributed by atoms with Gasteiger partial charge in [0.1, 0.15) is 5.69 Å². The number of likely N-dealkylation sites (tertiary alicyclic amines) is 1. The molecule has 2 aliphatic heterocycles. The lowest BCUT2D eigenvalue weighted by Crippen LogP contribution is -2.67. The Balaban J connectivity index is 1.72. The lowest BCUT2D eigenvalue weighted by Gasteiger charge is -2.53. The van der Waals surface area contributed by atoms with E-state index in [-0.39, 0.29) is 30.5 Å². The molecule has 160 valence electrons. The smallest absolute Gasteiger partial charge is 0.273 e. The Morgan fingerprint density at radius 2 is 1.93 bits per heavy atom. The number of fused-ring (bicyclic) bond motifs is 2. The number of pyridine rings is 1. The van der Waals surface area contributed by atoms with Gasteiger partial charge in [-0.3, -0.25) is 14.6 Å². The predicted octanol–water partition coefficient (Wildman–Crippen LogP) is 1.19. The van der Waals surface area contributed by atoms with Crippen LogP contribution in [0.15, 0.2) is 36.5 Å². The van der Waals surface area contributed by atoms with E-state index in [1.807, 2.05) is 30.3 Å². The van der Waals surface area contributed by atoms with Gasteiger partial charge in [-0.25, -0.2) is 12.7 Å². The average Bonchev–Trinajstić information content (AvgIpc) is 2.74. The third-order valence-electron chi connectivity index (χ3n) is 6.46. The van der Waals surface area contributed by atoms with E-state index >= 15 is 0 Å². The third-order valence-corrected chi connectivity index (χ3v) is 8.31. The van der Waals surface area contributed by atoms with Crippen molar-refractivity contribution < 1.29 is 18.0 Å². The van der Waals surface area contributed by atoms with E-state index in [9.17, 15) is 18.0 Å². The second kappa shape index (κ2) is 7.31. The molecule has 0 bridgehead atoms. The Labute approximate surface area is 176 Å².